The number of nitrogens with one attached hydrogen (secondary N) is 3. The highest BCUT2D eigenvalue weighted by molar-refractivity contribution is 8.00. The summed E-state index contributed by atoms with van der Waals surface area (Å²) in [6.45, 7) is 3.23. The first-order chi connectivity index (χ1) is 14.4. The molecule has 3 N–H and O–H groups in total. The molecule has 2 aromatic rings. The Balaban J connectivity index is 1.62. The lowest BCUT2D eigenvalue weighted by atomic mass is 9.87. The number of benzene rings is 2. The predicted octanol–water partition coefficient (Wildman–Crippen LogP) is 2.63. The van der Waals surface area contributed by atoms with Crippen LogP contribution in [0.1, 0.15) is 25.8 Å². The van der Waals surface area contributed by atoms with E-state index in [0.717, 1.165) is 9.90 Å². The lowest BCUT2D eigenvalue weighted by Gasteiger charge is -2.25. The summed E-state index contributed by atoms with van der Waals surface area (Å²) < 4.78 is 0. The van der Waals surface area contributed by atoms with Gasteiger partial charge in [-0.25, -0.2) is 4.79 Å². The van der Waals surface area contributed by atoms with Crippen molar-refractivity contribution in [2.75, 3.05) is 11.1 Å². The van der Waals surface area contributed by atoms with Crippen molar-refractivity contribution in [3.8, 4) is 0 Å². The molecule has 2 aromatic carbocycles. The van der Waals surface area contributed by atoms with Crippen LogP contribution in [0.3, 0.4) is 0 Å². The van der Waals surface area contributed by atoms with E-state index in [1.807, 2.05) is 6.07 Å². The summed E-state index contributed by atoms with van der Waals surface area (Å²) in [5, 5.41) is 6.13. The van der Waals surface area contributed by atoms with Crippen molar-refractivity contribution in [2.24, 2.45) is 0 Å². The smallest absolute Gasteiger partial charge is 0.326 e. The Bertz CT molecular complexity index is 965. The molecule has 3 rings (SSSR count). The number of rotatable bonds is 7. The zero-order chi connectivity index (χ0) is 21.7. The number of carbonyl (C=O) groups excluding carboxylic acids is 4. The van der Waals surface area contributed by atoms with E-state index in [1.54, 1.807) is 55.5 Å². The van der Waals surface area contributed by atoms with Gasteiger partial charge in [0.1, 0.15) is 5.54 Å². The lowest BCUT2D eigenvalue weighted by Crippen LogP contribution is -2.49. The minimum absolute atomic E-state index is 0.0149. The van der Waals surface area contributed by atoms with Crippen molar-refractivity contribution < 1.29 is 19.2 Å². The molecule has 0 aromatic heterocycles. The number of hydrazine groups is 1. The van der Waals surface area contributed by atoms with E-state index in [2.05, 4.69) is 16.1 Å². The number of amides is 5. The molecule has 156 valence electrons. The fourth-order valence-electron chi connectivity index (χ4n) is 3.18. The molecule has 1 unspecified atom stereocenters. The van der Waals surface area contributed by atoms with Gasteiger partial charge in [0.25, 0.3) is 5.91 Å². The second kappa shape index (κ2) is 9.00. The van der Waals surface area contributed by atoms with Gasteiger partial charge >= 0.3 is 6.03 Å². The van der Waals surface area contributed by atoms with Crippen LogP contribution in [-0.2, 0) is 19.9 Å². The van der Waals surface area contributed by atoms with Gasteiger partial charge in [0.2, 0.25) is 11.8 Å². The van der Waals surface area contributed by atoms with Gasteiger partial charge in [-0.2, -0.15) is 5.01 Å². The highest BCUT2D eigenvalue weighted by atomic mass is 32.2. The van der Waals surface area contributed by atoms with Crippen molar-refractivity contribution >= 4 is 41.2 Å². The number of thioether (sulfide) groups is 1. The first-order valence-corrected chi connectivity index (χ1v) is 10.4. The fraction of sp³-hybridized carbons (Fsp3) is 0.238. The molecule has 30 heavy (non-hydrogen) atoms. The Morgan fingerprint density at radius 3 is 2.33 bits per heavy atom. The minimum atomic E-state index is -1.20. The van der Waals surface area contributed by atoms with E-state index in [1.165, 1.54) is 18.7 Å². The fourth-order valence-corrected chi connectivity index (χ4v) is 3.87. The van der Waals surface area contributed by atoms with Gasteiger partial charge in [-0.1, -0.05) is 37.3 Å². The van der Waals surface area contributed by atoms with Crippen molar-refractivity contribution in [1.82, 2.24) is 15.8 Å². The maximum absolute atomic E-state index is 13.0. The normalized spacial score (nSPS) is 18.1. The second-order valence-electron chi connectivity index (χ2n) is 6.72. The Hall–Kier alpha value is -3.33. The van der Waals surface area contributed by atoms with Gasteiger partial charge in [-0.15, -0.1) is 11.8 Å². The van der Waals surface area contributed by atoms with Gasteiger partial charge in [0.15, 0.2) is 0 Å². The molecular weight excluding hydrogens is 404 g/mol. The van der Waals surface area contributed by atoms with Crippen LogP contribution in [-0.4, -0.2) is 34.5 Å². The SMILES string of the molecule is CCC1(c2ccccc2)NC(=O)N(NC(=O)CSc2ccc(NC(C)=O)cc2)C1=O. The van der Waals surface area contributed by atoms with E-state index in [0.29, 0.717) is 17.7 Å². The molecule has 1 heterocycles. The Morgan fingerprint density at radius 1 is 1.07 bits per heavy atom. The molecule has 0 bridgehead atoms. The van der Waals surface area contributed by atoms with Crippen LogP contribution in [0, 0.1) is 0 Å². The number of nitrogens with zero attached hydrogens (tertiary/aromatic N) is 1. The number of hydrogen-bond donors (Lipinski definition) is 3. The van der Waals surface area contributed by atoms with E-state index in [-0.39, 0.29) is 11.7 Å². The molecule has 9 heteroatoms. The Kier molecular flexibility index (Phi) is 6.41. The van der Waals surface area contributed by atoms with Crippen LogP contribution in [0.5, 0.6) is 0 Å². The largest absolute Gasteiger partial charge is 0.344 e. The van der Waals surface area contributed by atoms with Crippen molar-refractivity contribution in [3.05, 3.63) is 60.2 Å². The molecular formula is C21H22N4O4S. The van der Waals surface area contributed by atoms with E-state index >= 15 is 0 Å². The first kappa shape index (κ1) is 21.4. The molecule has 0 radical (unpaired) electrons. The molecule has 1 saturated heterocycles. The highest BCUT2D eigenvalue weighted by Crippen LogP contribution is 2.31. The maximum Gasteiger partial charge on any atom is 0.344 e. The van der Waals surface area contributed by atoms with Gasteiger partial charge in [-0.05, 0) is 36.2 Å². The summed E-state index contributed by atoms with van der Waals surface area (Å²) >= 11 is 1.25. The standard InChI is InChI=1S/C21H22N4O4S/c1-3-21(15-7-5-4-6-8-15)19(28)25(20(29)23-21)24-18(27)13-30-17-11-9-16(10-12-17)22-14(2)26/h4-12H,3,13H2,1-2H3,(H,22,26)(H,23,29)(H,24,27). The van der Waals surface area contributed by atoms with Crippen LogP contribution in [0.15, 0.2) is 59.5 Å². The quantitative estimate of drug-likeness (QED) is 0.466. The second-order valence-corrected chi connectivity index (χ2v) is 7.77. The van der Waals surface area contributed by atoms with E-state index in [9.17, 15) is 19.2 Å². The molecule has 1 aliphatic rings. The molecule has 1 aliphatic heterocycles. The number of hydrogen-bond acceptors (Lipinski definition) is 5. The van der Waals surface area contributed by atoms with Crippen LogP contribution in [0.25, 0.3) is 0 Å². The predicted molar refractivity (Wildman–Crippen MR) is 113 cm³/mol. The van der Waals surface area contributed by atoms with Crippen molar-refractivity contribution in [1.29, 1.82) is 0 Å². The van der Waals surface area contributed by atoms with Gasteiger partial charge in [0, 0.05) is 17.5 Å². The zero-order valence-electron chi connectivity index (χ0n) is 16.6. The summed E-state index contributed by atoms with van der Waals surface area (Å²) in [4.78, 5) is 49.6. The molecule has 1 atom stereocenters. The lowest BCUT2D eigenvalue weighted by molar-refractivity contribution is -0.138. The van der Waals surface area contributed by atoms with Crippen LogP contribution in [0.2, 0.25) is 0 Å². The highest BCUT2D eigenvalue weighted by Gasteiger charge is 2.52. The van der Waals surface area contributed by atoms with Crippen LogP contribution >= 0.6 is 11.8 Å². The summed E-state index contributed by atoms with van der Waals surface area (Å²) in [5.74, 6) is -1.14. The zero-order valence-corrected chi connectivity index (χ0v) is 17.4. The molecule has 0 saturated carbocycles. The Labute approximate surface area is 178 Å². The number of imide groups is 1. The third kappa shape index (κ3) is 4.46. The first-order valence-electron chi connectivity index (χ1n) is 9.38. The topological polar surface area (TPSA) is 108 Å². The third-order valence-corrected chi connectivity index (χ3v) is 5.68. The number of urea groups is 1. The third-order valence-electron chi connectivity index (χ3n) is 4.67. The average Bonchev–Trinajstić information content (AvgIpc) is 2.98. The molecule has 0 spiro atoms. The van der Waals surface area contributed by atoms with Gasteiger partial charge < -0.3 is 10.6 Å². The molecule has 8 nitrogen and oxygen atoms in total. The summed E-state index contributed by atoms with van der Waals surface area (Å²) in [7, 11) is 0. The summed E-state index contributed by atoms with van der Waals surface area (Å²) in [5.41, 5.74) is 2.53. The van der Waals surface area contributed by atoms with Gasteiger partial charge in [-0.3, -0.25) is 19.8 Å². The molecule has 1 fully saturated rings. The van der Waals surface area contributed by atoms with Crippen LogP contribution < -0.4 is 16.1 Å². The van der Waals surface area contributed by atoms with Crippen LogP contribution in [0.4, 0.5) is 10.5 Å². The number of carbonyl (C=O) groups is 4. The van der Waals surface area contributed by atoms with Gasteiger partial charge in [0.05, 0.1) is 5.75 Å². The summed E-state index contributed by atoms with van der Waals surface area (Å²) in [6.07, 6.45) is 0.351. The van der Waals surface area contributed by atoms with E-state index < -0.39 is 23.4 Å². The number of anilines is 1. The van der Waals surface area contributed by atoms with Crippen molar-refractivity contribution in [2.45, 2.75) is 30.7 Å². The summed E-state index contributed by atoms with van der Waals surface area (Å²) in [6, 6.07) is 15.3. The average molecular weight is 426 g/mol. The molecule has 5 amide bonds. The maximum atomic E-state index is 13.0. The minimum Gasteiger partial charge on any atom is -0.326 e. The Morgan fingerprint density at radius 2 is 1.73 bits per heavy atom. The molecule has 0 aliphatic carbocycles. The monoisotopic (exact) mass is 426 g/mol. The van der Waals surface area contributed by atoms with Crippen molar-refractivity contribution in [3.63, 3.8) is 0 Å². The van der Waals surface area contributed by atoms with E-state index in [4.69, 9.17) is 0 Å².